The first-order valence-electron chi connectivity index (χ1n) is 5.90. The van der Waals surface area contributed by atoms with Gasteiger partial charge in [-0.25, -0.2) is 0 Å². The number of nitrogens with one attached hydrogen (secondary N) is 1. The van der Waals surface area contributed by atoms with Gasteiger partial charge in [0.1, 0.15) is 5.92 Å². The lowest BCUT2D eigenvalue weighted by atomic mass is 9.97. The lowest BCUT2D eigenvalue weighted by Crippen LogP contribution is -2.36. The number of aromatic nitrogens is 1. The van der Waals surface area contributed by atoms with Crippen molar-refractivity contribution in [3.05, 3.63) is 52.5 Å². The van der Waals surface area contributed by atoms with Gasteiger partial charge in [-0.3, -0.25) is 9.78 Å². The summed E-state index contributed by atoms with van der Waals surface area (Å²) in [6, 6.07) is 8.94. The molecule has 104 valence electrons. The first-order chi connectivity index (χ1) is 9.72. The van der Waals surface area contributed by atoms with Crippen molar-refractivity contribution in [2.45, 2.75) is 12.5 Å². The molecule has 0 aliphatic rings. The number of nitrogens with two attached hydrogens (primary N) is 1. The average molecular weight is 290 g/mol. The predicted molar refractivity (Wildman–Crippen MR) is 76.6 cm³/mol. The fourth-order valence-corrected chi connectivity index (χ4v) is 2.30. The van der Waals surface area contributed by atoms with Crippen LogP contribution in [0.3, 0.4) is 0 Å². The second kappa shape index (κ2) is 6.67. The molecule has 0 spiro atoms. The molecule has 1 aromatic carbocycles. The van der Waals surface area contributed by atoms with Gasteiger partial charge in [-0.05, 0) is 5.56 Å². The Kier molecular flexibility index (Phi) is 4.67. The van der Waals surface area contributed by atoms with Gasteiger partial charge in [0.25, 0.3) is 0 Å². The molecule has 1 heterocycles. The van der Waals surface area contributed by atoms with Crippen molar-refractivity contribution in [3.63, 3.8) is 0 Å². The monoisotopic (exact) mass is 290 g/mol. The number of nitrogens with zero attached hydrogens (tertiary/aromatic N) is 2. The van der Waals surface area contributed by atoms with E-state index < -0.39 is 5.92 Å². The van der Waals surface area contributed by atoms with Crippen molar-refractivity contribution in [2.24, 2.45) is 10.9 Å². The summed E-state index contributed by atoms with van der Waals surface area (Å²) in [4.78, 5) is 17.1. The van der Waals surface area contributed by atoms with Crippen molar-refractivity contribution in [3.8, 4) is 0 Å². The Morgan fingerprint density at radius 3 is 2.80 bits per heavy atom. The van der Waals surface area contributed by atoms with E-state index in [1.165, 1.54) is 11.3 Å². The van der Waals surface area contributed by atoms with Gasteiger partial charge in [0, 0.05) is 11.1 Å². The third-order valence-electron chi connectivity index (χ3n) is 2.73. The van der Waals surface area contributed by atoms with Crippen LogP contribution in [-0.2, 0) is 11.3 Å². The van der Waals surface area contributed by atoms with Crippen molar-refractivity contribution >= 4 is 23.1 Å². The number of carbonyl (C=O) groups excluding carboxylic acids is 1. The minimum Gasteiger partial charge on any atom is -0.409 e. The maximum Gasteiger partial charge on any atom is 0.235 e. The SMILES string of the molecule is N/C(=N/O)C(C(=O)NCc1cncs1)c1ccccc1. The Morgan fingerprint density at radius 1 is 1.45 bits per heavy atom. The van der Waals surface area contributed by atoms with Crippen LogP contribution >= 0.6 is 11.3 Å². The highest BCUT2D eigenvalue weighted by molar-refractivity contribution is 7.09. The van der Waals surface area contributed by atoms with E-state index >= 15 is 0 Å². The first-order valence-corrected chi connectivity index (χ1v) is 6.77. The van der Waals surface area contributed by atoms with Gasteiger partial charge in [-0.1, -0.05) is 35.5 Å². The lowest BCUT2D eigenvalue weighted by Gasteiger charge is -2.15. The molecule has 1 amide bonds. The second-order valence-electron chi connectivity index (χ2n) is 4.05. The van der Waals surface area contributed by atoms with Crippen LogP contribution < -0.4 is 11.1 Å². The van der Waals surface area contributed by atoms with Gasteiger partial charge in [0.15, 0.2) is 5.84 Å². The van der Waals surface area contributed by atoms with E-state index in [9.17, 15) is 4.79 Å². The molecule has 1 unspecified atom stereocenters. The summed E-state index contributed by atoms with van der Waals surface area (Å²) in [5, 5.41) is 14.6. The van der Waals surface area contributed by atoms with Gasteiger partial charge in [-0.15, -0.1) is 11.3 Å². The fraction of sp³-hybridized carbons (Fsp3) is 0.154. The maximum absolute atomic E-state index is 12.2. The van der Waals surface area contributed by atoms with E-state index in [2.05, 4.69) is 15.5 Å². The van der Waals surface area contributed by atoms with E-state index in [-0.39, 0.29) is 11.7 Å². The molecule has 2 rings (SSSR count). The van der Waals surface area contributed by atoms with E-state index in [0.29, 0.717) is 12.1 Å². The number of thiazole rings is 1. The van der Waals surface area contributed by atoms with Crippen LogP contribution in [0.25, 0.3) is 0 Å². The fourth-order valence-electron chi connectivity index (χ4n) is 1.77. The Labute approximate surface area is 120 Å². The summed E-state index contributed by atoms with van der Waals surface area (Å²) < 4.78 is 0. The number of rotatable bonds is 5. The van der Waals surface area contributed by atoms with Gasteiger partial charge >= 0.3 is 0 Å². The molecule has 0 aliphatic carbocycles. The molecular formula is C13H14N4O2S. The van der Waals surface area contributed by atoms with E-state index in [1.807, 2.05) is 6.07 Å². The lowest BCUT2D eigenvalue weighted by molar-refractivity contribution is -0.121. The van der Waals surface area contributed by atoms with Crippen molar-refractivity contribution in [1.29, 1.82) is 0 Å². The van der Waals surface area contributed by atoms with Crippen LogP contribution in [0.2, 0.25) is 0 Å². The van der Waals surface area contributed by atoms with Crippen LogP contribution in [0.4, 0.5) is 0 Å². The molecule has 1 aromatic heterocycles. The molecule has 0 saturated carbocycles. The summed E-state index contributed by atoms with van der Waals surface area (Å²) >= 11 is 1.45. The van der Waals surface area contributed by atoms with Crippen LogP contribution in [-0.4, -0.2) is 21.9 Å². The molecule has 6 nitrogen and oxygen atoms in total. The number of carbonyl (C=O) groups is 1. The largest absolute Gasteiger partial charge is 0.409 e. The number of benzene rings is 1. The quantitative estimate of drug-likeness (QED) is 0.334. The van der Waals surface area contributed by atoms with Crippen LogP contribution in [0.5, 0.6) is 0 Å². The molecule has 0 aliphatic heterocycles. The Hall–Kier alpha value is -2.41. The zero-order chi connectivity index (χ0) is 14.4. The molecule has 20 heavy (non-hydrogen) atoms. The number of hydrogen-bond donors (Lipinski definition) is 3. The highest BCUT2D eigenvalue weighted by Gasteiger charge is 2.24. The number of hydrogen-bond acceptors (Lipinski definition) is 5. The summed E-state index contributed by atoms with van der Waals surface area (Å²) in [5.41, 5.74) is 7.99. The Balaban J connectivity index is 2.13. The molecule has 0 bridgehead atoms. The maximum atomic E-state index is 12.2. The van der Waals surface area contributed by atoms with E-state index in [0.717, 1.165) is 4.88 Å². The minimum atomic E-state index is -0.811. The number of oxime groups is 1. The van der Waals surface area contributed by atoms with Crippen molar-refractivity contribution in [1.82, 2.24) is 10.3 Å². The van der Waals surface area contributed by atoms with Crippen molar-refractivity contribution < 1.29 is 10.0 Å². The number of amides is 1. The molecule has 0 saturated heterocycles. The minimum absolute atomic E-state index is 0.141. The molecule has 1 atom stereocenters. The molecule has 4 N–H and O–H groups in total. The third-order valence-corrected chi connectivity index (χ3v) is 3.51. The van der Waals surface area contributed by atoms with Gasteiger partial charge in [0.2, 0.25) is 5.91 Å². The molecule has 2 aromatic rings. The standard InChI is InChI=1S/C13H14N4O2S/c14-12(17-19)11(9-4-2-1-3-5-9)13(18)16-7-10-6-15-8-20-10/h1-6,8,11,19H,7H2,(H2,14,17)(H,16,18). The highest BCUT2D eigenvalue weighted by atomic mass is 32.1. The zero-order valence-corrected chi connectivity index (χ0v) is 11.4. The van der Waals surface area contributed by atoms with Gasteiger partial charge < -0.3 is 16.3 Å². The van der Waals surface area contributed by atoms with E-state index in [4.69, 9.17) is 10.9 Å². The number of amidine groups is 1. The van der Waals surface area contributed by atoms with Gasteiger partial charge in [-0.2, -0.15) is 0 Å². The highest BCUT2D eigenvalue weighted by Crippen LogP contribution is 2.16. The topological polar surface area (TPSA) is 101 Å². The molecular weight excluding hydrogens is 276 g/mol. The van der Waals surface area contributed by atoms with Crippen LogP contribution in [0.15, 0.2) is 47.2 Å². The Morgan fingerprint density at radius 2 is 2.20 bits per heavy atom. The van der Waals surface area contributed by atoms with Crippen molar-refractivity contribution in [2.75, 3.05) is 0 Å². The Bertz CT molecular complexity index is 584. The molecule has 7 heteroatoms. The summed E-state index contributed by atoms with van der Waals surface area (Å²) in [6.45, 7) is 0.367. The molecule has 0 fully saturated rings. The van der Waals surface area contributed by atoms with Crippen LogP contribution in [0.1, 0.15) is 16.4 Å². The summed E-state index contributed by atoms with van der Waals surface area (Å²) in [5.74, 6) is -1.27. The summed E-state index contributed by atoms with van der Waals surface area (Å²) in [7, 11) is 0. The van der Waals surface area contributed by atoms with Gasteiger partial charge in [0.05, 0.1) is 12.1 Å². The van der Waals surface area contributed by atoms with E-state index in [1.54, 1.807) is 36.0 Å². The normalized spacial score (nSPS) is 12.9. The van der Waals surface area contributed by atoms with Crippen LogP contribution in [0, 0.1) is 0 Å². The molecule has 0 radical (unpaired) electrons. The second-order valence-corrected chi connectivity index (χ2v) is 5.03. The first kappa shape index (κ1) is 14.0. The predicted octanol–water partition coefficient (Wildman–Crippen LogP) is 1.29. The average Bonchev–Trinajstić information content (AvgIpc) is 2.99. The zero-order valence-electron chi connectivity index (χ0n) is 10.6. The smallest absolute Gasteiger partial charge is 0.235 e. The summed E-state index contributed by atoms with van der Waals surface area (Å²) in [6.07, 6.45) is 1.69. The third kappa shape index (κ3) is 3.33.